The van der Waals surface area contributed by atoms with Crippen molar-refractivity contribution in [2.24, 2.45) is 5.73 Å². The molecule has 0 aliphatic rings. The van der Waals surface area contributed by atoms with Crippen molar-refractivity contribution in [3.8, 4) is 0 Å². The van der Waals surface area contributed by atoms with Gasteiger partial charge in [-0.1, -0.05) is 25.6 Å². The van der Waals surface area contributed by atoms with Crippen LogP contribution >= 0.6 is 11.8 Å². The van der Waals surface area contributed by atoms with Gasteiger partial charge in [0, 0.05) is 12.6 Å². The van der Waals surface area contributed by atoms with E-state index in [0.29, 0.717) is 13.0 Å². The van der Waals surface area contributed by atoms with E-state index in [9.17, 15) is 4.79 Å². The van der Waals surface area contributed by atoms with Crippen LogP contribution in [0.4, 0.5) is 0 Å². The third-order valence-electron chi connectivity index (χ3n) is 1.77. The van der Waals surface area contributed by atoms with Crippen molar-refractivity contribution >= 4 is 22.8 Å². The van der Waals surface area contributed by atoms with Crippen molar-refractivity contribution in [2.75, 3.05) is 12.8 Å². The number of nitrogens with two attached hydrogens (primary N) is 1. The van der Waals surface area contributed by atoms with Crippen molar-refractivity contribution < 1.29 is 4.79 Å². The fourth-order valence-corrected chi connectivity index (χ4v) is 1.64. The lowest BCUT2D eigenvalue weighted by Crippen LogP contribution is -2.42. The fraction of sp³-hybridized carbons (Fsp3) is 0.778. The van der Waals surface area contributed by atoms with Gasteiger partial charge >= 0.3 is 0 Å². The molecule has 0 aromatic rings. The van der Waals surface area contributed by atoms with Crippen molar-refractivity contribution in [3.63, 3.8) is 0 Å². The smallest absolute Gasteiger partial charge is 0.205 e. The van der Waals surface area contributed by atoms with E-state index in [1.807, 2.05) is 13.8 Å². The van der Waals surface area contributed by atoms with Crippen LogP contribution < -0.4 is 16.4 Å². The highest BCUT2D eigenvalue weighted by Crippen LogP contribution is 2.05. The SMILES string of the molecule is CSC(=O)[C@H](CCNC(=N)N)NC(C)C. The molecule has 0 unspecified atom stereocenters. The van der Waals surface area contributed by atoms with Gasteiger partial charge in [0.1, 0.15) is 0 Å². The van der Waals surface area contributed by atoms with Gasteiger partial charge in [-0.25, -0.2) is 0 Å². The highest BCUT2D eigenvalue weighted by Gasteiger charge is 2.17. The van der Waals surface area contributed by atoms with Crippen LogP contribution in [0.25, 0.3) is 0 Å². The molecule has 88 valence electrons. The van der Waals surface area contributed by atoms with Crippen LogP contribution in [0, 0.1) is 5.41 Å². The Labute approximate surface area is 95.1 Å². The van der Waals surface area contributed by atoms with Crippen LogP contribution in [-0.2, 0) is 4.79 Å². The number of guanidine groups is 1. The maximum atomic E-state index is 11.5. The molecule has 0 spiro atoms. The molecule has 0 fully saturated rings. The number of carbonyl (C=O) groups is 1. The van der Waals surface area contributed by atoms with Gasteiger partial charge in [0.25, 0.3) is 0 Å². The summed E-state index contributed by atoms with van der Waals surface area (Å²) < 4.78 is 0. The van der Waals surface area contributed by atoms with E-state index in [2.05, 4.69) is 10.6 Å². The third-order valence-corrected chi connectivity index (χ3v) is 2.46. The van der Waals surface area contributed by atoms with Gasteiger partial charge in [0.05, 0.1) is 6.04 Å². The maximum absolute atomic E-state index is 11.5. The molecule has 0 aromatic heterocycles. The van der Waals surface area contributed by atoms with E-state index >= 15 is 0 Å². The predicted octanol–water partition coefficient (Wildman–Crippen LogP) is 0.116. The topological polar surface area (TPSA) is 91.0 Å². The molecule has 0 heterocycles. The Morgan fingerprint density at radius 3 is 2.53 bits per heavy atom. The number of rotatable bonds is 6. The van der Waals surface area contributed by atoms with Crippen LogP contribution in [0.2, 0.25) is 0 Å². The first-order valence-corrected chi connectivity index (χ1v) is 6.11. The Bertz CT molecular complexity index is 220. The van der Waals surface area contributed by atoms with Crippen LogP contribution in [0.3, 0.4) is 0 Å². The summed E-state index contributed by atoms with van der Waals surface area (Å²) in [5, 5.41) is 13.0. The van der Waals surface area contributed by atoms with Crippen LogP contribution in [0.15, 0.2) is 0 Å². The normalized spacial score (nSPS) is 12.5. The van der Waals surface area contributed by atoms with Crippen LogP contribution in [0.1, 0.15) is 20.3 Å². The summed E-state index contributed by atoms with van der Waals surface area (Å²) in [5.41, 5.74) is 5.15. The number of nitrogens with one attached hydrogen (secondary N) is 3. The van der Waals surface area contributed by atoms with Crippen LogP contribution in [0.5, 0.6) is 0 Å². The van der Waals surface area contributed by atoms with E-state index in [0.717, 1.165) is 0 Å². The fourth-order valence-electron chi connectivity index (χ4n) is 1.17. The molecule has 0 saturated heterocycles. The zero-order valence-electron chi connectivity index (χ0n) is 9.46. The van der Waals surface area contributed by atoms with Gasteiger partial charge in [-0.05, 0) is 12.7 Å². The summed E-state index contributed by atoms with van der Waals surface area (Å²) in [5.74, 6) is -0.0603. The van der Waals surface area contributed by atoms with Crippen molar-refractivity contribution in [2.45, 2.75) is 32.4 Å². The quantitative estimate of drug-likeness (QED) is 0.385. The molecule has 0 aromatic carbocycles. The number of thioether (sulfide) groups is 1. The molecule has 0 aliphatic carbocycles. The first-order chi connectivity index (χ1) is 6.97. The second kappa shape index (κ2) is 7.53. The summed E-state index contributed by atoms with van der Waals surface area (Å²) in [6, 6.07) is 0.0929. The summed E-state index contributed by atoms with van der Waals surface area (Å²) >= 11 is 1.22. The lowest BCUT2D eigenvalue weighted by atomic mass is 10.2. The summed E-state index contributed by atoms with van der Waals surface area (Å²) in [6.45, 7) is 4.53. The van der Waals surface area contributed by atoms with E-state index in [1.54, 1.807) is 6.26 Å². The van der Waals surface area contributed by atoms with E-state index < -0.39 is 0 Å². The highest BCUT2D eigenvalue weighted by atomic mass is 32.2. The lowest BCUT2D eigenvalue weighted by Gasteiger charge is -2.19. The van der Waals surface area contributed by atoms with Gasteiger partial charge in [0.2, 0.25) is 5.12 Å². The molecule has 0 bridgehead atoms. The first-order valence-electron chi connectivity index (χ1n) is 4.89. The minimum atomic E-state index is -0.174. The average Bonchev–Trinajstić information content (AvgIpc) is 2.14. The lowest BCUT2D eigenvalue weighted by molar-refractivity contribution is -0.113. The van der Waals surface area contributed by atoms with Gasteiger partial charge in [0.15, 0.2) is 5.96 Å². The van der Waals surface area contributed by atoms with Gasteiger partial charge in [-0.15, -0.1) is 0 Å². The standard InChI is InChI=1S/C9H20N4OS/c1-6(2)13-7(8(14)15-3)4-5-12-9(10)11/h6-7,13H,4-5H2,1-3H3,(H4,10,11,12)/t7-/m0/s1. The molecule has 6 heteroatoms. The molecule has 0 radical (unpaired) electrons. The summed E-state index contributed by atoms with van der Waals surface area (Å²) in [6.07, 6.45) is 2.41. The summed E-state index contributed by atoms with van der Waals surface area (Å²) in [4.78, 5) is 11.5. The molecule has 0 amide bonds. The Morgan fingerprint density at radius 1 is 1.53 bits per heavy atom. The number of hydrogen-bond donors (Lipinski definition) is 4. The zero-order valence-corrected chi connectivity index (χ0v) is 10.3. The molecule has 0 aliphatic heterocycles. The Balaban J connectivity index is 4.01. The number of hydrogen-bond acceptors (Lipinski definition) is 4. The average molecular weight is 232 g/mol. The van der Waals surface area contributed by atoms with E-state index in [1.165, 1.54) is 11.8 Å². The first kappa shape index (κ1) is 14.2. The second-order valence-electron chi connectivity index (χ2n) is 3.53. The second-order valence-corrected chi connectivity index (χ2v) is 4.34. The maximum Gasteiger partial charge on any atom is 0.205 e. The molecular weight excluding hydrogens is 212 g/mol. The van der Waals surface area contributed by atoms with Gasteiger partial charge in [-0.2, -0.15) is 0 Å². The highest BCUT2D eigenvalue weighted by molar-refractivity contribution is 8.13. The van der Waals surface area contributed by atoms with Gasteiger partial charge in [-0.3, -0.25) is 10.2 Å². The van der Waals surface area contributed by atoms with Crippen molar-refractivity contribution in [1.82, 2.24) is 10.6 Å². The Hall–Kier alpha value is -0.750. The molecule has 5 N–H and O–H groups in total. The minimum absolute atomic E-state index is 0.0603. The number of carbonyl (C=O) groups excluding carboxylic acids is 1. The molecular formula is C9H20N4OS. The Morgan fingerprint density at radius 2 is 2.13 bits per heavy atom. The predicted molar refractivity (Wildman–Crippen MR) is 65.1 cm³/mol. The molecule has 0 rings (SSSR count). The zero-order chi connectivity index (χ0) is 11.8. The largest absolute Gasteiger partial charge is 0.370 e. The van der Waals surface area contributed by atoms with E-state index in [-0.39, 0.29) is 23.2 Å². The third kappa shape index (κ3) is 7.21. The van der Waals surface area contributed by atoms with Gasteiger partial charge < -0.3 is 16.4 Å². The van der Waals surface area contributed by atoms with Crippen molar-refractivity contribution in [1.29, 1.82) is 5.41 Å². The van der Waals surface area contributed by atoms with E-state index in [4.69, 9.17) is 11.1 Å². The van der Waals surface area contributed by atoms with Crippen LogP contribution in [-0.4, -0.2) is 36.0 Å². The summed E-state index contributed by atoms with van der Waals surface area (Å²) in [7, 11) is 0. The van der Waals surface area contributed by atoms with Crippen molar-refractivity contribution in [3.05, 3.63) is 0 Å². The molecule has 15 heavy (non-hydrogen) atoms. The Kier molecular flexibility index (Phi) is 7.15. The minimum Gasteiger partial charge on any atom is -0.370 e. The molecule has 1 atom stereocenters. The molecule has 0 saturated carbocycles. The monoisotopic (exact) mass is 232 g/mol. The molecule has 5 nitrogen and oxygen atoms in total.